The van der Waals surface area contributed by atoms with Crippen molar-refractivity contribution in [1.29, 1.82) is 0 Å². The molecule has 2 N–H and O–H groups in total. The summed E-state index contributed by atoms with van der Waals surface area (Å²) in [4.78, 5) is 13.8. The van der Waals surface area contributed by atoms with Crippen LogP contribution in [0.2, 0.25) is 0 Å². The quantitative estimate of drug-likeness (QED) is 0.679. The van der Waals surface area contributed by atoms with Gasteiger partial charge in [0.1, 0.15) is 0 Å². The van der Waals surface area contributed by atoms with E-state index in [1.165, 1.54) is 0 Å². The lowest BCUT2D eigenvalue weighted by atomic mass is 10.0. The minimum absolute atomic E-state index is 0.141. The highest BCUT2D eigenvalue weighted by atomic mass is 16.5. The molecule has 0 unspecified atom stereocenters. The van der Waals surface area contributed by atoms with Crippen molar-refractivity contribution < 1.29 is 9.53 Å². The molecule has 0 aromatic rings. The molecule has 0 aromatic heterocycles. The lowest BCUT2D eigenvalue weighted by Crippen LogP contribution is -2.41. The molecule has 0 radical (unpaired) electrons. The van der Waals surface area contributed by atoms with Crippen LogP contribution in [-0.4, -0.2) is 37.1 Å². The fraction of sp³-hybridized carbons (Fsp3) is 0.545. The van der Waals surface area contributed by atoms with Gasteiger partial charge in [-0.25, -0.2) is 0 Å². The number of carbonyl (C=O) groups is 1. The van der Waals surface area contributed by atoms with Gasteiger partial charge in [-0.2, -0.15) is 0 Å². The van der Waals surface area contributed by atoms with E-state index < -0.39 is 0 Å². The number of morpholine rings is 1. The van der Waals surface area contributed by atoms with E-state index in [-0.39, 0.29) is 5.91 Å². The highest BCUT2D eigenvalue weighted by Crippen LogP contribution is 2.17. The van der Waals surface area contributed by atoms with E-state index in [1.54, 1.807) is 0 Å². The summed E-state index contributed by atoms with van der Waals surface area (Å²) >= 11 is 0. The van der Waals surface area contributed by atoms with Crippen LogP contribution >= 0.6 is 0 Å². The van der Waals surface area contributed by atoms with E-state index in [4.69, 9.17) is 10.5 Å². The summed E-state index contributed by atoms with van der Waals surface area (Å²) < 4.78 is 5.21. The zero-order chi connectivity index (χ0) is 10.7. The van der Waals surface area contributed by atoms with E-state index in [2.05, 4.69) is 0 Å². The zero-order valence-corrected chi connectivity index (χ0v) is 8.74. The summed E-state index contributed by atoms with van der Waals surface area (Å²) in [5.41, 5.74) is 7.37. The Morgan fingerprint density at radius 2 is 2.00 bits per heavy atom. The van der Waals surface area contributed by atoms with Gasteiger partial charge in [-0.05, 0) is 18.9 Å². The van der Waals surface area contributed by atoms with Crippen molar-refractivity contribution in [3.8, 4) is 0 Å². The Hall–Kier alpha value is -1.29. The van der Waals surface area contributed by atoms with Crippen molar-refractivity contribution in [2.45, 2.75) is 12.8 Å². The largest absolute Gasteiger partial charge is 0.402 e. The van der Waals surface area contributed by atoms with Crippen LogP contribution in [0, 0.1) is 0 Å². The Kier molecular flexibility index (Phi) is 3.06. The maximum absolute atomic E-state index is 12.0. The van der Waals surface area contributed by atoms with Crippen LogP contribution in [0.3, 0.4) is 0 Å². The minimum atomic E-state index is 0.141. The summed E-state index contributed by atoms with van der Waals surface area (Å²) in [5.74, 6) is 0.141. The van der Waals surface area contributed by atoms with Gasteiger partial charge in [0.05, 0.1) is 13.2 Å². The van der Waals surface area contributed by atoms with Crippen LogP contribution in [0.25, 0.3) is 0 Å². The summed E-state index contributed by atoms with van der Waals surface area (Å²) in [7, 11) is 0. The molecule has 4 heteroatoms. The molecular weight excluding hydrogens is 192 g/mol. The minimum Gasteiger partial charge on any atom is -0.402 e. The van der Waals surface area contributed by atoms with E-state index in [0.717, 1.165) is 24.1 Å². The number of hydrogen-bond acceptors (Lipinski definition) is 3. The van der Waals surface area contributed by atoms with Gasteiger partial charge in [-0.3, -0.25) is 4.79 Å². The van der Waals surface area contributed by atoms with Crippen molar-refractivity contribution in [1.82, 2.24) is 4.90 Å². The first-order chi connectivity index (χ1) is 7.27. The molecule has 2 aliphatic rings. The molecule has 1 heterocycles. The maximum Gasteiger partial charge on any atom is 0.249 e. The summed E-state index contributed by atoms with van der Waals surface area (Å²) in [5, 5.41) is 0. The number of amides is 1. The highest BCUT2D eigenvalue weighted by Gasteiger charge is 2.21. The second-order valence-electron chi connectivity index (χ2n) is 3.84. The number of nitrogens with zero attached hydrogens (tertiary/aromatic N) is 1. The predicted molar refractivity (Wildman–Crippen MR) is 57.0 cm³/mol. The third kappa shape index (κ3) is 2.39. The van der Waals surface area contributed by atoms with Crippen molar-refractivity contribution in [2.24, 2.45) is 5.73 Å². The molecule has 82 valence electrons. The van der Waals surface area contributed by atoms with E-state index in [9.17, 15) is 4.79 Å². The lowest BCUT2D eigenvalue weighted by Gasteiger charge is -2.28. The normalized spacial score (nSPS) is 22.0. The van der Waals surface area contributed by atoms with Crippen molar-refractivity contribution in [2.75, 3.05) is 26.3 Å². The Balaban J connectivity index is 2.01. The molecule has 1 fully saturated rings. The van der Waals surface area contributed by atoms with Gasteiger partial charge in [0.15, 0.2) is 0 Å². The number of hydrogen-bond donors (Lipinski definition) is 1. The van der Waals surface area contributed by atoms with Gasteiger partial charge in [0.25, 0.3) is 0 Å². The summed E-state index contributed by atoms with van der Waals surface area (Å²) in [6, 6.07) is 0. The van der Waals surface area contributed by atoms with Crippen LogP contribution in [0.1, 0.15) is 12.8 Å². The predicted octanol–water partition coefficient (Wildman–Crippen LogP) is 0.408. The van der Waals surface area contributed by atoms with Crippen LogP contribution in [0.5, 0.6) is 0 Å². The molecule has 15 heavy (non-hydrogen) atoms. The van der Waals surface area contributed by atoms with Gasteiger partial charge in [0.2, 0.25) is 5.91 Å². The molecule has 0 atom stereocenters. The number of rotatable bonds is 1. The van der Waals surface area contributed by atoms with Crippen molar-refractivity contribution in [3.63, 3.8) is 0 Å². The second kappa shape index (κ2) is 4.49. The fourth-order valence-electron chi connectivity index (χ4n) is 1.80. The van der Waals surface area contributed by atoms with E-state index in [0.29, 0.717) is 26.3 Å². The number of allylic oxidation sites excluding steroid dienone is 3. The van der Waals surface area contributed by atoms with Crippen LogP contribution in [0.15, 0.2) is 23.4 Å². The molecule has 2 rings (SSSR count). The molecule has 0 saturated carbocycles. The SMILES string of the molecule is NC1=CC=C(C(=O)N2CCOCC2)CC1. The van der Waals surface area contributed by atoms with Crippen LogP contribution in [0.4, 0.5) is 0 Å². The third-order valence-electron chi connectivity index (χ3n) is 2.75. The first-order valence-corrected chi connectivity index (χ1v) is 5.29. The molecule has 4 nitrogen and oxygen atoms in total. The van der Waals surface area contributed by atoms with Gasteiger partial charge >= 0.3 is 0 Å². The Morgan fingerprint density at radius 3 is 2.60 bits per heavy atom. The Bertz CT molecular complexity index is 315. The Morgan fingerprint density at radius 1 is 1.27 bits per heavy atom. The summed E-state index contributed by atoms with van der Waals surface area (Å²) in [6.07, 6.45) is 5.23. The molecule has 1 saturated heterocycles. The van der Waals surface area contributed by atoms with Crippen molar-refractivity contribution >= 4 is 5.91 Å². The molecule has 1 amide bonds. The zero-order valence-electron chi connectivity index (χ0n) is 8.74. The molecule has 0 aromatic carbocycles. The third-order valence-corrected chi connectivity index (χ3v) is 2.75. The van der Waals surface area contributed by atoms with Gasteiger partial charge < -0.3 is 15.4 Å². The molecule has 0 bridgehead atoms. The van der Waals surface area contributed by atoms with Gasteiger partial charge in [-0.1, -0.05) is 6.08 Å². The summed E-state index contributed by atoms with van der Waals surface area (Å²) in [6.45, 7) is 2.71. The smallest absolute Gasteiger partial charge is 0.249 e. The van der Waals surface area contributed by atoms with Gasteiger partial charge in [-0.15, -0.1) is 0 Å². The standard InChI is InChI=1S/C11H16N2O2/c12-10-3-1-9(2-4-10)11(14)13-5-7-15-8-6-13/h1,3H,2,4-8,12H2. The van der Waals surface area contributed by atoms with Crippen molar-refractivity contribution in [3.05, 3.63) is 23.4 Å². The highest BCUT2D eigenvalue weighted by molar-refractivity contribution is 5.94. The maximum atomic E-state index is 12.0. The van der Waals surface area contributed by atoms with E-state index in [1.807, 2.05) is 17.1 Å². The van der Waals surface area contributed by atoms with Crippen LogP contribution in [-0.2, 0) is 9.53 Å². The van der Waals surface area contributed by atoms with E-state index >= 15 is 0 Å². The first-order valence-electron chi connectivity index (χ1n) is 5.29. The molecular formula is C11H16N2O2. The van der Waals surface area contributed by atoms with Gasteiger partial charge in [0, 0.05) is 24.4 Å². The van der Waals surface area contributed by atoms with Crippen LogP contribution < -0.4 is 5.73 Å². The average molecular weight is 208 g/mol. The molecule has 1 aliphatic heterocycles. The Labute approximate surface area is 89.4 Å². The monoisotopic (exact) mass is 208 g/mol. The number of ether oxygens (including phenoxy) is 1. The topological polar surface area (TPSA) is 55.6 Å². The molecule has 0 spiro atoms. The molecule has 1 aliphatic carbocycles. The average Bonchev–Trinajstić information content (AvgIpc) is 2.30. The number of carbonyl (C=O) groups excluding carboxylic acids is 1. The lowest BCUT2D eigenvalue weighted by molar-refractivity contribution is -0.131. The fourth-order valence-corrected chi connectivity index (χ4v) is 1.80. The second-order valence-corrected chi connectivity index (χ2v) is 3.84. The number of nitrogens with two attached hydrogens (primary N) is 1. The first kappa shape index (κ1) is 10.2.